The molecule has 2 aromatic carbocycles. The number of hydrogen-bond donors (Lipinski definition) is 1. The van der Waals surface area contributed by atoms with Crippen LogP contribution >= 0.6 is 0 Å². The number of carboxylic acids is 1. The average molecular weight is 252 g/mol. The largest absolute Gasteiger partial charge is 0.478 e. The molecule has 3 rings (SSSR count). The Morgan fingerprint density at radius 1 is 1.11 bits per heavy atom. The van der Waals surface area contributed by atoms with Gasteiger partial charge in [0.2, 0.25) is 0 Å². The molecule has 0 aliphatic heterocycles. The van der Waals surface area contributed by atoms with Crippen LogP contribution < -0.4 is 0 Å². The number of benzene rings is 2. The summed E-state index contributed by atoms with van der Waals surface area (Å²) in [5, 5.41) is 10.1. The fourth-order valence-corrected chi connectivity index (χ4v) is 2.22. The van der Waals surface area contributed by atoms with E-state index in [0.29, 0.717) is 16.7 Å². The first-order valence-electron chi connectivity index (χ1n) is 5.98. The van der Waals surface area contributed by atoms with Gasteiger partial charge in [-0.05, 0) is 19.1 Å². The zero-order valence-corrected chi connectivity index (χ0v) is 10.4. The van der Waals surface area contributed by atoms with Crippen LogP contribution in [0.2, 0.25) is 0 Å². The van der Waals surface area contributed by atoms with Crippen LogP contribution in [0.5, 0.6) is 0 Å². The zero-order valence-electron chi connectivity index (χ0n) is 10.4. The van der Waals surface area contributed by atoms with Gasteiger partial charge in [-0.2, -0.15) is 0 Å². The van der Waals surface area contributed by atoms with E-state index in [-0.39, 0.29) is 5.56 Å². The summed E-state index contributed by atoms with van der Waals surface area (Å²) in [7, 11) is 0. The van der Waals surface area contributed by atoms with Gasteiger partial charge >= 0.3 is 5.97 Å². The third-order valence-corrected chi connectivity index (χ3v) is 3.09. The van der Waals surface area contributed by atoms with Gasteiger partial charge in [0.1, 0.15) is 16.9 Å². The minimum atomic E-state index is -0.969. The van der Waals surface area contributed by atoms with E-state index in [1.54, 1.807) is 0 Å². The second-order valence-corrected chi connectivity index (χ2v) is 4.48. The molecule has 0 unspecified atom stereocenters. The molecule has 94 valence electrons. The number of furan rings is 1. The third kappa shape index (κ3) is 1.89. The zero-order chi connectivity index (χ0) is 13.4. The van der Waals surface area contributed by atoms with Gasteiger partial charge in [-0.1, -0.05) is 42.0 Å². The standard InChI is InChI=1S/C16H12O3/c1-10-7-8-13-12(9-10)14(16(17)18)15(19-13)11-5-3-2-4-6-11/h2-9H,1H3,(H,17,18). The SMILES string of the molecule is Cc1ccc2oc(-c3ccccc3)c(C(=O)O)c2c1. The van der Waals surface area contributed by atoms with Crippen LogP contribution in [0.15, 0.2) is 52.9 Å². The number of hydrogen-bond acceptors (Lipinski definition) is 2. The number of aromatic carboxylic acids is 1. The van der Waals surface area contributed by atoms with Gasteiger partial charge in [0.25, 0.3) is 0 Å². The summed E-state index contributed by atoms with van der Waals surface area (Å²) in [6, 6.07) is 14.9. The summed E-state index contributed by atoms with van der Waals surface area (Å²) >= 11 is 0. The molecule has 0 atom stereocenters. The van der Waals surface area contributed by atoms with E-state index in [9.17, 15) is 9.90 Å². The predicted molar refractivity (Wildman–Crippen MR) is 73.3 cm³/mol. The molecule has 1 N–H and O–H groups in total. The highest BCUT2D eigenvalue weighted by molar-refractivity contribution is 6.08. The lowest BCUT2D eigenvalue weighted by molar-refractivity contribution is 0.0699. The summed E-state index contributed by atoms with van der Waals surface area (Å²) in [6.45, 7) is 1.93. The van der Waals surface area contributed by atoms with Gasteiger partial charge in [0, 0.05) is 10.9 Å². The van der Waals surface area contributed by atoms with Crippen LogP contribution in [-0.2, 0) is 0 Å². The van der Waals surface area contributed by atoms with Crippen LogP contribution in [0, 0.1) is 6.92 Å². The molecule has 0 saturated heterocycles. The molecule has 0 spiro atoms. The van der Waals surface area contributed by atoms with Crippen molar-refractivity contribution >= 4 is 16.9 Å². The summed E-state index contributed by atoms with van der Waals surface area (Å²) < 4.78 is 5.72. The topological polar surface area (TPSA) is 50.4 Å². The maximum Gasteiger partial charge on any atom is 0.340 e. The number of rotatable bonds is 2. The molecule has 0 amide bonds. The number of fused-ring (bicyclic) bond motifs is 1. The molecule has 3 heteroatoms. The summed E-state index contributed by atoms with van der Waals surface area (Å²) in [5.74, 6) is -0.558. The minimum Gasteiger partial charge on any atom is -0.478 e. The number of aryl methyl sites for hydroxylation is 1. The van der Waals surface area contributed by atoms with Crippen LogP contribution in [0.1, 0.15) is 15.9 Å². The van der Waals surface area contributed by atoms with Crippen molar-refractivity contribution in [1.82, 2.24) is 0 Å². The average Bonchev–Trinajstić information content (AvgIpc) is 2.78. The van der Waals surface area contributed by atoms with Gasteiger partial charge in [-0.15, -0.1) is 0 Å². The van der Waals surface area contributed by atoms with Gasteiger partial charge in [-0.25, -0.2) is 4.79 Å². The Kier molecular flexibility index (Phi) is 2.60. The molecule has 1 aromatic heterocycles. The molecule has 0 fully saturated rings. The fourth-order valence-electron chi connectivity index (χ4n) is 2.22. The normalized spacial score (nSPS) is 10.8. The second-order valence-electron chi connectivity index (χ2n) is 4.48. The summed E-state index contributed by atoms with van der Waals surface area (Å²) in [4.78, 5) is 11.5. The molecule has 19 heavy (non-hydrogen) atoms. The Morgan fingerprint density at radius 2 is 1.84 bits per heavy atom. The van der Waals surface area contributed by atoms with Crippen molar-refractivity contribution in [3.8, 4) is 11.3 Å². The summed E-state index contributed by atoms with van der Waals surface area (Å²) in [5.41, 5.74) is 2.61. The lowest BCUT2D eigenvalue weighted by Gasteiger charge is -1.98. The highest BCUT2D eigenvalue weighted by Crippen LogP contribution is 2.33. The van der Waals surface area contributed by atoms with Crippen molar-refractivity contribution < 1.29 is 14.3 Å². The predicted octanol–water partition coefficient (Wildman–Crippen LogP) is 4.11. The highest BCUT2D eigenvalue weighted by Gasteiger charge is 2.21. The van der Waals surface area contributed by atoms with Crippen molar-refractivity contribution in [2.24, 2.45) is 0 Å². The van der Waals surface area contributed by atoms with Gasteiger partial charge in [-0.3, -0.25) is 0 Å². The molecular formula is C16H12O3. The highest BCUT2D eigenvalue weighted by atomic mass is 16.4. The van der Waals surface area contributed by atoms with Crippen molar-refractivity contribution in [2.75, 3.05) is 0 Å². The Balaban J connectivity index is 2.36. The molecule has 0 bridgehead atoms. The molecule has 0 radical (unpaired) electrons. The number of carbonyl (C=O) groups is 1. The van der Waals surface area contributed by atoms with E-state index in [1.807, 2.05) is 55.5 Å². The first kappa shape index (κ1) is 11.5. The van der Waals surface area contributed by atoms with Gasteiger partial charge in [0.15, 0.2) is 0 Å². The first-order valence-corrected chi connectivity index (χ1v) is 5.98. The van der Waals surface area contributed by atoms with Crippen LogP contribution in [-0.4, -0.2) is 11.1 Å². The Morgan fingerprint density at radius 3 is 2.53 bits per heavy atom. The molecular weight excluding hydrogens is 240 g/mol. The monoisotopic (exact) mass is 252 g/mol. The fraction of sp³-hybridized carbons (Fsp3) is 0.0625. The lowest BCUT2D eigenvalue weighted by atomic mass is 10.0. The van der Waals surface area contributed by atoms with Gasteiger partial charge < -0.3 is 9.52 Å². The quantitative estimate of drug-likeness (QED) is 0.746. The Labute approximate surface area is 110 Å². The Hall–Kier alpha value is -2.55. The number of carboxylic acid groups (broad SMARTS) is 1. The van der Waals surface area contributed by atoms with Crippen molar-refractivity contribution in [3.63, 3.8) is 0 Å². The van der Waals surface area contributed by atoms with Crippen molar-refractivity contribution in [1.29, 1.82) is 0 Å². The van der Waals surface area contributed by atoms with E-state index in [0.717, 1.165) is 11.1 Å². The van der Waals surface area contributed by atoms with E-state index >= 15 is 0 Å². The molecule has 3 aromatic rings. The summed E-state index contributed by atoms with van der Waals surface area (Å²) in [6.07, 6.45) is 0. The maximum atomic E-state index is 11.5. The molecule has 0 aliphatic carbocycles. The van der Waals surface area contributed by atoms with E-state index < -0.39 is 5.97 Å². The van der Waals surface area contributed by atoms with Crippen molar-refractivity contribution in [2.45, 2.75) is 6.92 Å². The van der Waals surface area contributed by atoms with Crippen LogP contribution in [0.4, 0.5) is 0 Å². The first-order chi connectivity index (χ1) is 9.16. The molecule has 1 heterocycles. The van der Waals surface area contributed by atoms with E-state index in [1.165, 1.54) is 0 Å². The Bertz CT molecular complexity index is 754. The smallest absolute Gasteiger partial charge is 0.340 e. The molecule has 3 nitrogen and oxygen atoms in total. The van der Waals surface area contributed by atoms with Gasteiger partial charge in [0.05, 0.1) is 0 Å². The van der Waals surface area contributed by atoms with Crippen molar-refractivity contribution in [3.05, 3.63) is 59.7 Å². The molecule has 0 aliphatic rings. The van der Waals surface area contributed by atoms with E-state index in [2.05, 4.69) is 0 Å². The third-order valence-electron chi connectivity index (χ3n) is 3.09. The second kappa shape index (κ2) is 4.28. The van der Waals surface area contributed by atoms with Crippen LogP contribution in [0.3, 0.4) is 0 Å². The minimum absolute atomic E-state index is 0.227. The molecule has 0 saturated carbocycles. The lowest BCUT2D eigenvalue weighted by Crippen LogP contribution is -1.97. The van der Waals surface area contributed by atoms with E-state index in [4.69, 9.17) is 4.42 Å². The maximum absolute atomic E-state index is 11.5. The van der Waals surface area contributed by atoms with Crippen LogP contribution in [0.25, 0.3) is 22.3 Å².